The van der Waals surface area contributed by atoms with E-state index in [1.807, 2.05) is 12.1 Å². The second kappa shape index (κ2) is 6.11. The van der Waals surface area contributed by atoms with Gasteiger partial charge in [0.2, 0.25) is 10.0 Å². The number of anilines is 1. The van der Waals surface area contributed by atoms with Gasteiger partial charge in [0.25, 0.3) is 0 Å². The number of nitrogens with zero attached hydrogens (tertiary/aromatic N) is 1. The minimum absolute atomic E-state index is 0.297. The minimum atomic E-state index is -3.43. The average molecular weight is 297 g/mol. The molecule has 0 amide bonds. The third-order valence-electron chi connectivity index (χ3n) is 3.75. The molecule has 1 unspecified atom stereocenters. The molecule has 112 valence electrons. The molecule has 1 atom stereocenters. The molecule has 0 radical (unpaired) electrons. The Bertz CT molecular complexity index is 557. The van der Waals surface area contributed by atoms with Crippen LogP contribution in [0.25, 0.3) is 0 Å². The maximum atomic E-state index is 12.0. The van der Waals surface area contributed by atoms with Crippen molar-refractivity contribution >= 4 is 15.7 Å². The molecule has 6 heteroatoms. The van der Waals surface area contributed by atoms with Crippen molar-refractivity contribution in [3.63, 3.8) is 0 Å². The highest BCUT2D eigenvalue weighted by molar-refractivity contribution is 7.89. The highest BCUT2D eigenvalue weighted by Crippen LogP contribution is 2.24. The van der Waals surface area contributed by atoms with Crippen LogP contribution in [-0.2, 0) is 10.0 Å². The number of rotatable bonds is 5. The molecule has 2 rings (SSSR count). The molecule has 0 aromatic heterocycles. The smallest absolute Gasteiger partial charge is 0.242 e. The fourth-order valence-electron chi connectivity index (χ4n) is 2.52. The lowest BCUT2D eigenvalue weighted by molar-refractivity contribution is 0.274. The summed E-state index contributed by atoms with van der Waals surface area (Å²) in [5.41, 5.74) is 0.678. The molecular formula is C14H23N3O2S. The summed E-state index contributed by atoms with van der Waals surface area (Å²) in [7, 11) is -1.99. The molecule has 1 aliphatic heterocycles. The number of nitrogens with one attached hydrogen (secondary N) is 2. The summed E-state index contributed by atoms with van der Waals surface area (Å²) in [6.07, 6.45) is 1.03. The van der Waals surface area contributed by atoms with E-state index in [9.17, 15) is 8.42 Å². The average Bonchev–Trinajstić information content (AvgIpc) is 2.88. The molecule has 2 N–H and O–H groups in total. The topological polar surface area (TPSA) is 61.4 Å². The summed E-state index contributed by atoms with van der Waals surface area (Å²) >= 11 is 0. The molecule has 0 saturated carbocycles. The van der Waals surface area contributed by atoms with Crippen LogP contribution in [0.4, 0.5) is 5.69 Å². The van der Waals surface area contributed by atoms with Gasteiger partial charge < -0.3 is 5.32 Å². The SMILES string of the molecule is CNS(=O)(=O)c1ccccc1NC1CCN(C(C)C)C1. The molecule has 1 saturated heterocycles. The molecule has 1 aromatic rings. The van der Waals surface area contributed by atoms with Crippen LogP contribution in [0.3, 0.4) is 0 Å². The fraction of sp³-hybridized carbons (Fsp3) is 0.571. The van der Waals surface area contributed by atoms with Gasteiger partial charge in [-0.15, -0.1) is 0 Å². The first-order chi connectivity index (χ1) is 9.44. The Labute approximate surface area is 121 Å². The van der Waals surface area contributed by atoms with Crippen molar-refractivity contribution in [1.29, 1.82) is 0 Å². The van der Waals surface area contributed by atoms with Crippen molar-refractivity contribution in [2.75, 3.05) is 25.5 Å². The summed E-state index contributed by atoms with van der Waals surface area (Å²) in [6, 6.07) is 7.87. The first-order valence-corrected chi connectivity index (χ1v) is 8.45. The van der Waals surface area contributed by atoms with Crippen molar-refractivity contribution in [3.8, 4) is 0 Å². The van der Waals surface area contributed by atoms with Gasteiger partial charge in [0, 0.05) is 25.2 Å². The Morgan fingerprint density at radius 2 is 2.00 bits per heavy atom. The van der Waals surface area contributed by atoms with Gasteiger partial charge in [0.15, 0.2) is 0 Å². The molecular weight excluding hydrogens is 274 g/mol. The van der Waals surface area contributed by atoms with E-state index in [1.165, 1.54) is 7.05 Å². The highest BCUT2D eigenvalue weighted by Gasteiger charge is 2.25. The quantitative estimate of drug-likeness (QED) is 0.864. The van der Waals surface area contributed by atoms with Crippen molar-refractivity contribution in [3.05, 3.63) is 24.3 Å². The summed E-state index contributed by atoms with van der Waals surface area (Å²) < 4.78 is 26.4. The second-order valence-corrected chi connectivity index (χ2v) is 7.28. The van der Waals surface area contributed by atoms with Gasteiger partial charge in [-0.3, -0.25) is 4.90 Å². The van der Waals surface area contributed by atoms with E-state index in [4.69, 9.17) is 0 Å². The van der Waals surface area contributed by atoms with Crippen molar-refractivity contribution in [2.24, 2.45) is 0 Å². The van der Waals surface area contributed by atoms with Crippen LogP contribution in [0.1, 0.15) is 20.3 Å². The van der Waals surface area contributed by atoms with Crippen LogP contribution in [0.2, 0.25) is 0 Å². The van der Waals surface area contributed by atoms with Gasteiger partial charge in [-0.1, -0.05) is 12.1 Å². The van der Waals surface area contributed by atoms with E-state index in [1.54, 1.807) is 12.1 Å². The number of hydrogen-bond acceptors (Lipinski definition) is 4. The number of sulfonamides is 1. The van der Waals surface area contributed by atoms with E-state index in [0.29, 0.717) is 22.7 Å². The van der Waals surface area contributed by atoms with E-state index in [-0.39, 0.29) is 0 Å². The first kappa shape index (κ1) is 15.3. The fourth-order valence-corrected chi connectivity index (χ4v) is 3.42. The second-order valence-electron chi connectivity index (χ2n) is 5.42. The maximum Gasteiger partial charge on any atom is 0.242 e. The number of hydrogen-bond donors (Lipinski definition) is 2. The number of likely N-dealkylation sites (tertiary alicyclic amines) is 1. The zero-order chi connectivity index (χ0) is 14.8. The third-order valence-corrected chi connectivity index (χ3v) is 5.23. The number of para-hydroxylation sites is 1. The summed E-state index contributed by atoms with van der Waals surface area (Å²) in [6.45, 7) is 6.37. The van der Waals surface area contributed by atoms with Crippen LogP contribution in [-0.4, -0.2) is 45.5 Å². The van der Waals surface area contributed by atoms with Crippen LogP contribution in [0, 0.1) is 0 Å². The van der Waals surface area contributed by atoms with Gasteiger partial charge in [-0.25, -0.2) is 13.1 Å². The lowest BCUT2D eigenvalue weighted by Gasteiger charge is -2.21. The largest absolute Gasteiger partial charge is 0.380 e. The molecule has 1 aliphatic rings. The number of benzene rings is 1. The van der Waals surface area contributed by atoms with Crippen LogP contribution in [0.15, 0.2) is 29.2 Å². The van der Waals surface area contributed by atoms with Gasteiger partial charge in [0.05, 0.1) is 5.69 Å². The summed E-state index contributed by atoms with van der Waals surface area (Å²) in [5.74, 6) is 0. The van der Waals surface area contributed by atoms with Crippen LogP contribution >= 0.6 is 0 Å². The van der Waals surface area contributed by atoms with E-state index in [0.717, 1.165) is 19.5 Å². The maximum absolute atomic E-state index is 12.0. The monoisotopic (exact) mass is 297 g/mol. The van der Waals surface area contributed by atoms with Crippen molar-refractivity contribution in [2.45, 2.75) is 37.2 Å². The summed E-state index contributed by atoms with van der Waals surface area (Å²) in [5, 5.41) is 3.37. The lowest BCUT2D eigenvalue weighted by Crippen LogP contribution is -2.31. The highest BCUT2D eigenvalue weighted by atomic mass is 32.2. The van der Waals surface area contributed by atoms with E-state index >= 15 is 0 Å². The summed E-state index contributed by atoms with van der Waals surface area (Å²) in [4.78, 5) is 2.71. The Morgan fingerprint density at radius 3 is 2.60 bits per heavy atom. The molecule has 1 fully saturated rings. The van der Waals surface area contributed by atoms with Crippen molar-refractivity contribution in [1.82, 2.24) is 9.62 Å². The predicted octanol–water partition coefficient (Wildman–Crippen LogP) is 1.49. The van der Waals surface area contributed by atoms with Gasteiger partial charge >= 0.3 is 0 Å². The molecule has 5 nitrogen and oxygen atoms in total. The zero-order valence-electron chi connectivity index (χ0n) is 12.3. The van der Waals surface area contributed by atoms with Gasteiger partial charge in [-0.2, -0.15) is 0 Å². The predicted molar refractivity (Wildman–Crippen MR) is 81.4 cm³/mol. The Balaban J connectivity index is 2.15. The first-order valence-electron chi connectivity index (χ1n) is 6.97. The Hall–Kier alpha value is -1.11. The van der Waals surface area contributed by atoms with Crippen molar-refractivity contribution < 1.29 is 8.42 Å². The van der Waals surface area contributed by atoms with E-state index < -0.39 is 10.0 Å². The third kappa shape index (κ3) is 3.31. The Kier molecular flexibility index (Phi) is 4.67. The van der Waals surface area contributed by atoms with Crippen LogP contribution in [0.5, 0.6) is 0 Å². The molecule has 0 bridgehead atoms. The standard InChI is InChI=1S/C14H23N3O2S/c1-11(2)17-9-8-12(10-17)16-13-6-4-5-7-14(13)20(18,19)15-3/h4-7,11-12,15-16H,8-10H2,1-3H3. The molecule has 20 heavy (non-hydrogen) atoms. The lowest BCUT2D eigenvalue weighted by atomic mass is 10.2. The van der Waals surface area contributed by atoms with Crippen LogP contribution < -0.4 is 10.0 Å². The molecule has 0 spiro atoms. The van der Waals surface area contributed by atoms with Gasteiger partial charge in [0.1, 0.15) is 4.90 Å². The Morgan fingerprint density at radius 1 is 1.30 bits per heavy atom. The van der Waals surface area contributed by atoms with E-state index in [2.05, 4.69) is 28.8 Å². The molecule has 1 aromatic carbocycles. The van der Waals surface area contributed by atoms with Gasteiger partial charge in [-0.05, 0) is 39.4 Å². The zero-order valence-corrected chi connectivity index (χ0v) is 13.1. The molecule has 0 aliphatic carbocycles. The molecule has 1 heterocycles. The minimum Gasteiger partial charge on any atom is -0.380 e. The normalized spacial score (nSPS) is 20.5.